The highest BCUT2D eigenvalue weighted by Gasteiger charge is 2.33. The largest absolute Gasteiger partial charge is 0.340 e. The maximum atomic E-state index is 12.7. The summed E-state index contributed by atoms with van der Waals surface area (Å²) in [5, 5.41) is 9.48. The molecule has 3 aromatic rings. The molecule has 1 amide bonds. The third-order valence-electron chi connectivity index (χ3n) is 6.24. The predicted octanol–water partition coefficient (Wildman–Crippen LogP) is 2.05. The first-order valence-electron chi connectivity index (χ1n) is 10.8. The van der Waals surface area contributed by atoms with Crippen molar-refractivity contribution in [2.75, 3.05) is 7.05 Å². The molecule has 1 saturated carbocycles. The van der Waals surface area contributed by atoms with E-state index in [4.69, 9.17) is 15.1 Å². The topological polar surface area (TPSA) is 94.1 Å². The summed E-state index contributed by atoms with van der Waals surface area (Å²) in [7, 11) is 3.71. The number of aliphatic imine (C=N–C) groups is 1. The second-order valence-electron chi connectivity index (χ2n) is 8.70. The summed E-state index contributed by atoms with van der Waals surface area (Å²) < 4.78 is 3.75. The first kappa shape index (κ1) is 18.4. The van der Waals surface area contributed by atoms with Crippen molar-refractivity contribution in [3.63, 3.8) is 0 Å². The van der Waals surface area contributed by atoms with E-state index < -0.39 is 0 Å². The van der Waals surface area contributed by atoms with Crippen LogP contribution in [0.1, 0.15) is 59.9 Å². The highest BCUT2D eigenvalue weighted by atomic mass is 16.2. The van der Waals surface area contributed by atoms with E-state index >= 15 is 0 Å². The second-order valence-corrected chi connectivity index (χ2v) is 8.70. The van der Waals surface area contributed by atoms with Crippen LogP contribution in [0.2, 0.25) is 0 Å². The molecule has 0 atom stereocenters. The molecule has 0 spiro atoms. The van der Waals surface area contributed by atoms with E-state index in [0.717, 1.165) is 64.6 Å². The molecule has 4 bridgehead atoms. The molecule has 9 nitrogen and oxygen atoms in total. The van der Waals surface area contributed by atoms with Crippen LogP contribution in [-0.2, 0) is 31.5 Å². The first-order valence-corrected chi connectivity index (χ1v) is 10.8. The molecule has 31 heavy (non-hydrogen) atoms. The fourth-order valence-electron chi connectivity index (χ4n) is 4.44. The van der Waals surface area contributed by atoms with Crippen LogP contribution >= 0.6 is 0 Å². The van der Waals surface area contributed by atoms with Crippen LogP contribution in [0.3, 0.4) is 0 Å². The van der Waals surface area contributed by atoms with Crippen molar-refractivity contribution in [2.45, 2.75) is 51.2 Å². The van der Waals surface area contributed by atoms with Crippen molar-refractivity contribution >= 4 is 11.6 Å². The zero-order valence-electron chi connectivity index (χ0n) is 17.7. The molecule has 6 rings (SSSR count). The molecule has 2 aliphatic heterocycles. The minimum absolute atomic E-state index is 0.103. The van der Waals surface area contributed by atoms with Crippen LogP contribution in [0.5, 0.6) is 0 Å². The third kappa shape index (κ3) is 3.15. The SMILES string of the molecule is CN1Cc2nn(C)cc2-c2cnc3c(n2)C(=NC3)c2cn(nc2C2CC2)CCCC1=O. The van der Waals surface area contributed by atoms with Gasteiger partial charge in [-0.05, 0) is 19.3 Å². The molecule has 1 aliphatic carbocycles. The summed E-state index contributed by atoms with van der Waals surface area (Å²) >= 11 is 0. The lowest BCUT2D eigenvalue weighted by atomic mass is 10.0. The highest BCUT2D eigenvalue weighted by molar-refractivity contribution is 6.14. The van der Waals surface area contributed by atoms with Gasteiger partial charge in [0.1, 0.15) is 5.69 Å². The van der Waals surface area contributed by atoms with Crippen LogP contribution in [0.15, 0.2) is 23.6 Å². The molecule has 0 unspecified atom stereocenters. The molecule has 0 aromatic carbocycles. The molecule has 0 saturated heterocycles. The van der Waals surface area contributed by atoms with Gasteiger partial charge in [-0.1, -0.05) is 0 Å². The van der Waals surface area contributed by atoms with Gasteiger partial charge in [-0.2, -0.15) is 10.2 Å². The van der Waals surface area contributed by atoms with Gasteiger partial charge in [-0.15, -0.1) is 0 Å². The van der Waals surface area contributed by atoms with E-state index in [2.05, 4.69) is 16.3 Å². The predicted molar refractivity (Wildman–Crippen MR) is 113 cm³/mol. The van der Waals surface area contributed by atoms with Gasteiger partial charge in [-0.25, -0.2) is 4.98 Å². The van der Waals surface area contributed by atoms with Gasteiger partial charge in [-0.3, -0.25) is 24.1 Å². The van der Waals surface area contributed by atoms with E-state index in [9.17, 15) is 4.79 Å². The Bertz CT molecular complexity index is 1230. The van der Waals surface area contributed by atoms with Crippen LogP contribution in [0, 0.1) is 0 Å². The van der Waals surface area contributed by atoms with Crippen molar-refractivity contribution in [3.8, 4) is 11.3 Å². The number of hydrogen-bond donors (Lipinski definition) is 0. The molecule has 158 valence electrons. The fraction of sp³-hybridized carbons (Fsp3) is 0.455. The Kier molecular flexibility index (Phi) is 4.06. The average Bonchev–Trinajstić information content (AvgIpc) is 3.21. The van der Waals surface area contributed by atoms with E-state index in [1.807, 2.05) is 25.0 Å². The number of aryl methyl sites for hydroxylation is 2. The van der Waals surface area contributed by atoms with Crippen molar-refractivity contribution < 1.29 is 4.79 Å². The van der Waals surface area contributed by atoms with Crippen LogP contribution in [0.4, 0.5) is 0 Å². The zero-order valence-corrected chi connectivity index (χ0v) is 17.7. The molecular weight excluding hydrogens is 392 g/mol. The molecule has 9 heteroatoms. The minimum Gasteiger partial charge on any atom is -0.340 e. The molecule has 1 fully saturated rings. The van der Waals surface area contributed by atoms with Crippen LogP contribution in [-0.4, -0.2) is 53.1 Å². The smallest absolute Gasteiger partial charge is 0.222 e. The number of rotatable bonds is 1. The van der Waals surface area contributed by atoms with E-state index in [1.54, 1.807) is 15.8 Å². The van der Waals surface area contributed by atoms with Crippen molar-refractivity contribution in [1.82, 2.24) is 34.4 Å². The lowest BCUT2D eigenvalue weighted by Gasteiger charge is -2.17. The highest BCUT2D eigenvalue weighted by Crippen LogP contribution is 2.42. The second kappa shape index (κ2) is 6.83. The summed E-state index contributed by atoms with van der Waals surface area (Å²) in [4.78, 5) is 28.9. The quantitative estimate of drug-likeness (QED) is 0.605. The normalized spacial score (nSPS) is 18.5. The third-order valence-corrected chi connectivity index (χ3v) is 6.24. The molecule has 0 N–H and O–H groups in total. The van der Waals surface area contributed by atoms with Crippen LogP contribution < -0.4 is 0 Å². The standard InChI is InChI=1S/C22H24N8O/c1-28-12-18-14(10-29(2)26-18)16-8-23-17-9-24-21(22(17)25-16)15-11-30(7-3-4-19(28)31)27-20(15)13-5-6-13/h8,10-11,13H,3-7,9,12H2,1-2H3. The Morgan fingerprint density at radius 3 is 2.77 bits per heavy atom. The summed E-state index contributed by atoms with van der Waals surface area (Å²) in [5.74, 6) is 0.600. The summed E-state index contributed by atoms with van der Waals surface area (Å²) in [6.07, 6.45) is 9.38. The minimum atomic E-state index is 0.103. The Balaban J connectivity index is 1.51. The van der Waals surface area contributed by atoms with Crippen LogP contribution in [0.25, 0.3) is 11.3 Å². The van der Waals surface area contributed by atoms with Gasteiger partial charge in [0.25, 0.3) is 0 Å². The molecule has 0 radical (unpaired) electrons. The lowest BCUT2D eigenvalue weighted by molar-refractivity contribution is -0.130. The van der Waals surface area contributed by atoms with Crippen molar-refractivity contribution in [3.05, 3.63) is 46.9 Å². The number of nitrogens with zero attached hydrogens (tertiary/aromatic N) is 8. The lowest BCUT2D eigenvalue weighted by Crippen LogP contribution is -2.26. The molecule has 5 heterocycles. The van der Waals surface area contributed by atoms with Gasteiger partial charge in [0.2, 0.25) is 5.91 Å². The number of aromatic nitrogens is 6. The number of carbonyl (C=O) groups is 1. The fourth-order valence-corrected chi connectivity index (χ4v) is 4.44. The van der Waals surface area contributed by atoms with E-state index in [-0.39, 0.29) is 5.91 Å². The monoisotopic (exact) mass is 416 g/mol. The van der Waals surface area contributed by atoms with Gasteiger partial charge in [0, 0.05) is 56.5 Å². The average molecular weight is 416 g/mol. The number of fused-ring (bicyclic) bond motifs is 6. The van der Waals surface area contributed by atoms with E-state index in [1.165, 1.54) is 0 Å². The van der Waals surface area contributed by atoms with E-state index in [0.29, 0.717) is 32.0 Å². The summed E-state index contributed by atoms with van der Waals surface area (Å²) in [5.41, 5.74) is 7.29. The summed E-state index contributed by atoms with van der Waals surface area (Å²) in [6, 6.07) is 0. The van der Waals surface area contributed by atoms with Crippen molar-refractivity contribution in [1.29, 1.82) is 0 Å². The maximum Gasteiger partial charge on any atom is 0.222 e. The molecule has 3 aliphatic rings. The molecular formula is C22H24N8O. The van der Waals surface area contributed by atoms with Gasteiger partial charge in [0.15, 0.2) is 0 Å². The number of hydrogen-bond acceptors (Lipinski definition) is 6. The van der Waals surface area contributed by atoms with Gasteiger partial charge in [0.05, 0.1) is 47.8 Å². The Labute approximate surface area is 179 Å². The van der Waals surface area contributed by atoms with Crippen molar-refractivity contribution in [2.24, 2.45) is 12.0 Å². The number of carbonyl (C=O) groups excluding carboxylic acids is 1. The van der Waals surface area contributed by atoms with Gasteiger partial charge < -0.3 is 4.90 Å². The van der Waals surface area contributed by atoms with Gasteiger partial charge >= 0.3 is 0 Å². The summed E-state index contributed by atoms with van der Waals surface area (Å²) in [6.45, 7) is 1.69. The zero-order chi connectivity index (χ0) is 21.1. The number of amides is 1. The first-order chi connectivity index (χ1) is 15.1. The maximum absolute atomic E-state index is 12.7. The molecule has 3 aromatic heterocycles. The Hall–Kier alpha value is -3.36. The Morgan fingerprint density at radius 2 is 1.94 bits per heavy atom. The Morgan fingerprint density at radius 1 is 1.06 bits per heavy atom.